The molecule has 6 nitrogen and oxygen atoms in total. The Hall–Kier alpha value is -2.12. The predicted molar refractivity (Wildman–Crippen MR) is 105 cm³/mol. The lowest BCUT2D eigenvalue weighted by molar-refractivity contribution is 0.0940. The van der Waals surface area contributed by atoms with E-state index in [1.54, 1.807) is 19.7 Å². The van der Waals surface area contributed by atoms with Crippen LogP contribution in [0.4, 0.5) is 0 Å². The number of benzene rings is 1. The van der Waals surface area contributed by atoms with Gasteiger partial charge in [-0.25, -0.2) is 4.98 Å². The zero-order valence-electron chi connectivity index (χ0n) is 15.7. The third-order valence-corrected chi connectivity index (χ3v) is 6.03. The Kier molecular flexibility index (Phi) is 5.31. The number of aromatic nitrogens is 1. The molecule has 7 heteroatoms. The smallest absolute Gasteiger partial charge is 0.263 e. The molecule has 1 saturated heterocycles. The fraction of sp³-hybridized carbons (Fsp3) is 0.500. The summed E-state index contributed by atoms with van der Waals surface area (Å²) in [4.78, 5) is 20.2. The fourth-order valence-electron chi connectivity index (χ4n) is 3.63. The highest BCUT2D eigenvalue weighted by Crippen LogP contribution is 2.41. The summed E-state index contributed by atoms with van der Waals surface area (Å²) in [7, 11) is 3.32. The fourth-order valence-corrected chi connectivity index (χ4v) is 4.41. The summed E-state index contributed by atoms with van der Waals surface area (Å²) in [6.07, 6.45) is 3.28. The van der Waals surface area contributed by atoms with Gasteiger partial charge in [-0.2, -0.15) is 0 Å². The molecular weight excluding hydrogens is 362 g/mol. The number of rotatable bonds is 7. The highest BCUT2D eigenvalue weighted by molar-refractivity contribution is 7.11. The summed E-state index contributed by atoms with van der Waals surface area (Å²) in [5, 5.41) is 3.21. The maximum Gasteiger partial charge on any atom is 0.263 e. The van der Waals surface area contributed by atoms with E-state index < -0.39 is 0 Å². The zero-order chi connectivity index (χ0) is 18.8. The van der Waals surface area contributed by atoms with Crippen LogP contribution in [0.15, 0.2) is 23.7 Å². The Balaban J connectivity index is 1.35. The number of carbonyl (C=O) groups is 1. The standard InChI is InChI=1S/C20H25N3O3S/c1-25-16-7-13(8-17(9-16)26-2)10-23-6-5-15(11-23)22-20(24)19-18(14-3-4-14)21-12-27-19/h7-9,12,14-15H,3-6,10-11H2,1-2H3,(H,22,24). The molecule has 1 aromatic heterocycles. The number of nitrogens with zero attached hydrogens (tertiary/aromatic N) is 2. The van der Waals surface area contributed by atoms with Crippen molar-refractivity contribution in [2.45, 2.75) is 37.8 Å². The summed E-state index contributed by atoms with van der Waals surface area (Å²) in [6, 6.07) is 6.13. The summed E-state index contributed by atoms with van der Waals surface area (Å²) < 4.78 is 10.7. The van der Waals surface area contributed by atoms with Crippen molar-refractivity contribution in [3.05, 3.63) is 39.8 Å². The van der Waals surface area contributed by atoms with Gasteiger partial charge in [0.1, 0.15) is 16.4 Å². The molecule has 1 aromatic carbocycles. The van der Waals surface area contributed by atoms with E-state index >= 15 is 0 Å². The molecule has 1 N–H and O–H groups in total. The molecule has 27 heavy (non-hydrogen) atoms. The minimum absolute atomic E-state index is 0.0364. The van der Waals surface area contributed by atoms with E-state index in [4.69, 9.17) is 9.47 Å². The number of hydrogen-bond acceptors (Lipinski definition) is 6. The molecule has 2 fully saturated rings. The second-order valence-corrected chi connectivity index (χ2v) is 8.11. The monoisotopic (exact) mass is 387 g/mol. The van der Waals surface area contributed by atoms with Crippen LogP contribution in [0.1, 0.15) is 46.1 Å². The SMILES string of the molecule is COc1cc(CN2CCC(NC(=O)c3scnc3C3CC3)C2)cc(OC)c1. The van der Waals surface area contributed by atoms with Crippen LogP contribution in [0.25, 0.3) is 0 Å². The third-order valence-electron chi connectivity index (χ3n) is 5.19. The van der Waals surface area contributed by atoms with Gasteiger partial charge in [0, 0.05) is 37.7 Å². The number of likely N-dealkylation sites (tertiary alicyclic amines) is 1. The van der Waals surface area contributed by atoms with Crippen molar-refractivity contribution >= 4 is 17.2 Å². The van der Waals surface area contributed by atoms with Crippen LogP contribution >= 0.6 is 11.3 Å². The van der Waals surface area contributed by atoms with Gasteiger partial charge in [-0.15, -0.1) is 11.3 Å². The molecule has 1 saturated carbocycles. The van der Waals surface area contributed by atoms with Crippen LogP contribution in [-0.4, -0.2) is 49.1 Å². The highest BCUT2D eigenvalue weighted by atomic mass is 32.1. The van der Waals surface area contributed by atoms with Gasteiger partial charge >= 0.3 is 0 Å². The molecule has 1 aliphatic heterocycles. The lowest BCUT2D eigenvalue weighted by Crippen LogP contribution is -2.37. The van der Waals surface area contributed by atoms with Gasteiger partial charge in [0.05, 0.1) is 25.4 Å². The predicted octanol–water partition coefficient (Wildman–Crippen LogP) is 3.04. The number of hydrogen-bond donors (Lipinski definition) is 1. The van der Waals surface area contributed by atoms with Crippen molar-refractivity contribution in [2.75, 3.05) is 27.3 Å². The molecule has 1 unspecified atom stereocenters. The van der Waals surface area contributed by atoms with Crippen LogP contribution in [0.2, 0.25) is 0 Å². The van der Waals surface area contributed by atoms with Crippen LogP contribution in [0.5, 0.6) is 11.5 Å². The molecule has 2 heterocycles. The number of thiazole rings is 1. The normalized spacial score (nSPS) is 19.9. The Bertz CT molecular complexity index is 796. The van der Waals surface area contributed by atoms with Gasteiger partial charge in [-0.1, -0.05) is 0 Å². The van der Waals surface area contributed by atoms with E-state index in [1.807, 2.05) is 18.2 Å². The summed E-state index contributed by atoms with van der Waals surface area (Å²) in [5.41, 5.74) is 3.94. The number of ether oxygens (including phenoxy) is 2. The van der Waals surface area contributed by atoms with Gasteiger partial charge in [0.15, 0.2) is 0 Å². The molecule has 2 aromatic rings. The number of nitrogens with one attached hydrogen (secondary N) is 1. The lowest BCUT2D eigenvalue weighted by atomic mass is 10.2. The van der Waals surface area contributed by atoms with Crippen molar-refractivity contribution in [1.29, 1.82) is 0 Å². The highest BCUT2D eigenvalue weighted by Gasteiger charge is 2.32. The maximum absolute atomic E-state index is 12.7. The molecule has 1 amide bonds. The van der Waals surface area contributed by atoms with E-state index in [1.165, 1.54) is 11.3 Å². The number of carbonyl (C=O) groups excluding carboxylic acids is 1. The second-order valence-electron chi connectivity index (χ2n) is 7.26. The molecule has 1 atom stereocenters. The first kappa shape index (κ1) is 18.3. The number of methoxy groups -OCH3 is 2. The van der Waals surface area contributed by atoms with E-state index in [0.717, 1.165) is 66.5 Å². The minimum Gasteiger partial charge on any atom is -0.497 e. The van der Waals surface area contributed by atoms with Gasteiger partial charge < -0.3 is 14.8 Å². The van der Waals surface area contributed by atoms with E-state index in [0.29, 0.717) is 5.92 Å². The van der Waals surface area contributed by atoms with Crippen LogP contribution < -0.4 is 14.8 Å². The average molecular weight is 388 g/mol. The van der Waals surface area contributed by atoms with Crippen molar-refractivity contribution in [3.63, 3.8) is 0 Å². The lowest BCUT2D eigenvalue weighted by Gasteiger charge is -2.18. The average Bonchev–Trinajstić information content (AvgIpc) is 3.23. The van der Waals surface area contributed by atoms with Crippen molar-refractivity contribution in [2.24, 2.45) is 0 Å². The van der Waals surface area contributed by atoms with Crippen molar-refractivity contribution < 1.29 is 14.3 Å². The molecule has 0 bridgehead atoms. The van der Waals surface area contributed by atoms with Crippen LogP contribution in [-0.2, 0) is 6.54 Å². The first-order chi connectivity index (χ1) is 13.2. The van der Waals surface area contributed by atoms with Crippen molar-refractivity contribution in [1.82, 2.24) is 15.2 Å². The molecule has 0 radical (unpaired) electrons. The minimum atomic E-state index is 0.0364. The van der Waals surface area contributed by atoms with Gasteiger partial charge in [0.2, 0.25) is 0 Å². The molecule has 2 aliphatic rings. The Morgan fingerprint density at radius 2 is 1.96 bits per heavy atom. The topological polar surface area (TPSA) is 63.7 Å². The largest absolute Gasteiger partial charge is 0.497 e. The summed E-state index contributed by atoms with van der Waals surface area (Å²) in [6.45, 7) is 2.62. The first-order valence-corrected chi connectivity index (χ1v) is 10.2. The second kappa shape index (κ2) is 7.86. The van der Waals surface area contributed by atoms with Gasteiger partial charge in [0.25, 0.3) is 5.91 Å². The molecular formula is C20H25N3O3S. The zero-order valence-corrected chi connectivity index (χ0v) is 16.6. The van der Waals surface area contributed by atoms with Gasteiger partial charge in [-0.3, -0.25) is 9.69 Å². The van der Waals surface area contributed by atoms with Crippen LogP contribution in [0, 0.1) is 0 Å². The molecule has 144 valence electrons. The van der Waals surface area contributed by atoms with Crippen LogP contribution in [0.3, 0.4) is 0 Å². The summed E-state index contributed by atoms with van der Waals surface area (Å²) in [5.74, 6) is 2.13. The quantitative estimate of drug-likeness (QED) is 0.791. The third kappa shape index (κ3) is 4.25. The van der Waals surface area contributed by atoms with E-state index in [9.17, 15) is 4.79 Å². The van der Waals surface area contributed by atoms with E-state index in [2.05, 4.69) is 15.2 Å². The van der Waals surface area contributed by atoms with E-state index in [-0.39, 0.29) is 11.9 Å². The van der Waals surface area contributed by atoms with Gasteiger partial charge in [-0.05, 0) is 37.0 Å². The summed E-state index contributed by atoms with van der Waals surface area (Å²) >= 11 is 1.46. The molecule has 1 aliphatic carbocycles. The molecule has 4 rings (SSSR count). The Morgan fingerprint density at radius 1 is 1.22 bits per heavy atom. The maximum atomic E-state index is 12.7. The Morgan fingerprint density at radius 3 is 2.63 bits per heavy atom. The molecule has 0 spiro atoms. The Labute approximate surface area is 163 Å². The van der Waals surface area contributed by atoms with Crippen molar-refractivity contribution in [3.8, 4) is 11.5 Å². The first-order valence-electron chi connectivity index (χ1n) is 9.35. The number of amides is 1.